The van der Waals surface area contributed by atoms with Gasteiger partial charge in [0.15, 0.2) is 0 Å². The predicted octanol–water partition coefficient (Wildman–Crippen LogP) is 3.85. The summed E-state index contributed by atoms with van der Waals surface area (Å²) in [5.74, 6) is 1.87. The zero-order valence-corrected chi connectivity index (χ0v) is 14.8. The molecule has 2 aromatic carbocycles. The number of rotatable bonds is 6. The summed E-state index contributed by atoms with van der Waals surface area (Å²) in [6.45, 7) is 1.59. The normalized spacial score (nSPS) is 15.3. The van der Waals surface area contributed by atoms with Gasteiger partial charge in [-0.05, 0) is 41.0 Å². The van der Waals surface area contributed by atoms with E-state index in [1.165, 1.54) is 5.56 Å². The van der Waals surface area contributed by atoms with Crippen LogP contribution in [-0.4, -0.2) is 24.7 Å². The Hall–Kier alpha value is -2.85. The van der Waals surface area contributed by atoms with Gasteiger partial charge in [0, 0.05) is 37.5 Å². The Morgan fingerprint density at radius 3 is 2.73 bits per heavy atom. The van der Waals surface area contributed by atoms with E-state index in [0.29, 0.717) is 0 Å². The Bertz CT molecular complexity index is 852. The maximum absolute atomic E-state index is 5.97. The van der Waals surface area contributed by atoms with Crippen LogP contribution >= 0.6 is 0 Å². The molecule has 132 valence electrons. The van der Waals surface area contributed by atoms with Crippen LogP contribution in [0.15, 0.2) is 67.0 Å². The van der Waals surface area contributed by atoms with Crippen molar-refractivity contribution in [2.75, 3.05) is 13.7 Å². The van der Waals surface area contributed by atoms with Crippen molar-refractivity contribution in [3.05, 3.63) is 78.1 Å². The van der Waals surface area contributed by atoms with Gasteiger partial charge < -0.3 is 14.8 Å². The lowest BCUT2D eigenvalue weighted by Gasteiger charge is -2.12. The molecule has 0 saturated heterocycles. The van der Waals surface area contributed by atoms with E-state index in [-0.39, 0.29) is 6.10 Å². The first-order valence-electron chi connectivity index (χ1n) is 8.85. The van der Waals surface area contributed by atoms with Crippen LogP contribution in [0.1, 0.15) is 11.1 Å². The predicted molar refractivity (Wildman–Crippen MR) is 102 cm³/mol. The van der Waals surface area contributed by atoms with E-state index in [1.807, 2.05) is 36.7 Å². The number of pyridine rings is 1. The standard InChI is InChI=1S/C22H22N2O2/c1-25-20-8-6-17(7-9-20)19-10-16(12-23-14-19)13-24-15-21-11-18-4-2-3-5-22(18)26-21/h2-10,12,14,21,24H,11,13,15H2,1H3. The molecule has 0 fully saturated rings. The van der Waals surface area contributed by atoms with Crippen molar-refractivity contribution < 1.29 is 9.47 Å². The molecule has 26 heavy (non-hydrogen) atoms. The maximum Gasteiger partial charge on any atom is 0.123 e. The van der Waals surface area contributed by atoms with Crippen LogP contribution in [0.25, 0.3) is 11.1 Å². The van der Waals surface area contributed by atoms with Gasteiger partial charge >= 0.3 is 0 Å². The molecule has 0 spiro atoms. The molecule has 0 radical (unpaired) electrons. The monoisotopic (exact) mass is 346 g/mol. The molecule has 1 unspecified atom stereocenters. The smallest absolute Gasteiger partial charge is 0.123 e. The van der Waals surface area contributed by atoms with Crippen molar-refractivity contribution in [1.29, 1.82) is 0 Å². The molecular formula is C22H22N2O2. The van der Waals surface area contributed by atoms with Crippen LogP contribution in [0.3, 0.4) is 0 Å². The van der Waals surface area contributed by atoms with E-state index >= 15 is 0 Å². The lowest BCUT2D eigenvalue weighted by atomic mass is 10.1. The maximum atomic E-state index is 5.97. The van der Waals surface area contributed by atoms with Crippen LogP contribution in [0.4, 0.5) is 0 Å². The Balaban J connectivity index is 1.34. The summed E-state index contributed by atoms with van der Waals surface area (Å²) in [6, 6.07) is 18.5. The van der Waals surface area contributed by atoms with Gasteiger partial charge in [-0.25, -0.2) is 0 Å². The topological polar surface area (TPSA) is 43.4 Å². The summed E-state index contributed by atoms with van der Waals surface area (Å²) in [5.41, 5.74) is 4.70. The van der Waals surface area contributed by atoms with Gasteiger partial charge in [0.2, 0.25) is 0 Å². The van der Waals surface area contributed by atoms with Crippen LogP contribution in [0.2, 0.25) is 0 Å². The molecule has 3 aromatic rings. The second kappa shape index (κ2) is 7.58. The summed E-state index contributed by atoms with van der Waals surface area (Å²) in [5, 5.41) is 3.49. The number of hydrogen-bond donors (Lipinski definition) is 1. The lowest BCUT2D eigenvalue weighted by Crippen LogP contribution is -2.29. The highest BCUT2D eigenvalue weighted by Crippen LogP contribution is 2.28. The summed E-state index contributed by atoms with van der Waals surface area (Å²) in [7, 11) is 1.68. The minimum atomic E-state index is 0.199. The first-order valence-corrected chi connectivity index (χ1v) is 8.85. The van der Waals surface area contributed by atoms with Gasteiger partial charge in [0.05, 0.1) is 7.11 Å². The number of benzene rings is 2. The molecule has 0 bridgehead atoms. The highest BCUT2D eigenvalue weighted by atomic mass is 16.5. The molecule has 1 aliphatic rings. The van der Waals surface area contributed by atoms with Gasteiger partial charge in [-0.3, -0.25) is 4.98 Å². The molecule has 0 amide bonds. The van der Waals surface area contributed by atoms with Crippen LogP contribution in [-0.2, 0) is 13.0 Å². The average molecular weight is 346 g/mol. The zero-order valence-electron chi connectivity index (χ0n) is 14.8. The highest BCUT2D eigenvalue weighted by molar-refractivity contribution is 5.63. The highest BCUT2D eigenvalue weighted by Gasteiger charge is 2.21. The van der Waals surface area contributed by atoms with E-state index in [1.54, 1.807) is 7.11 Å². The van der Waals surface area contributed by atoms with E-state index in [2.05, 4.69) is 40.6 Å². The SMILES string of the molecule is COc1ccc(-c2cncc(CNCC3Cc4ccccc4O3)c2)cc1. The number of nitrogens with zero attached hydrogens (tertiary/aromatic N) is 1. The quantitative estimate of drug-likeness (QED) is 0.736. The fraction of sp³-hybridized carbons (Fsp3) is 0.227. The Labute approximate surface area is 153 Å². The molecule has 4 rings (SSSR count). The fourth-order valence-electron chi connectivity index (χ4n) is 3.27. The summed E-state index contributed by atoms with van der Waals surface area (Å²) in [6.07, 6.45) is 4.96. The minimum Gasteiger partial charge on any atom is -0.497 e. The van der Waals surface area contributed by atoms with Crippen molar-refractivity contribution in [1.82, 2.24) is 10.3 Å². The largest absolute Gasteiger partial charge is 0.497 e. The fourth-order valence-corrected chi connectivity index (χ4v) is 3.27. The molecule has 1 aliphatic heterocycles. The van der Waals surface area contributed by atoms with Gasteiger partial charge in [-0.2, -0.15) is 0 Å². The van der Waals surface area contributed by atoms with E-state index in [0.717, 1.165) is 47.7 Å². The van der Waals surface area contributed by atoms with Crippen LogP contribution in [0, 0.1) is 0 Å². The molecular weight excluding hydrogens is 324 g/mol. The third-order valence-electron chi connectivity index (χ3n) is 4.63. The summed E-state index contributed by atoms with van der Waals surface area (Å²) >= 11 is 0. The van der Waals surface area contributed by atoms with E-state index in [4.69, 9.17) is 9.47 Å². The number of ether oxygens (including phenoxy) is 2. The number of fused-ring (bicyclic) bond motifs is 1. The van der Waals surface area contributed by atoms with E-state index < -0.39 is 0 Å². The Kier molecular flexibility index (Phi) is 4.84. The van der Waals surface area contributed by atoms with Gasteiger partial charge in [-0.1, -0.05) is 30.3 Å². The Morgan fingerprint density at radius 1 is 1.08 bits per heavy atom. The molecule has 0 saturated carbocycles. The lowest BCUT2D eigenvalue weighted by molar-refractivity contribution is 0.227. The third kappa shape index (κ3) is 3.70. The number of nitrogens with one attached hydrogen (secondary N) is 1. The van der Waals surface area contributed by atoms with Crippen molar-refractivity contribution in [3.8, 4) is 22.6 Å². The molecule has 1 atom stereocenters. The molecule has 1 N–H and O–H groups in total. The molecule has 4 nitrogen and oxygen atoms in total. The first kappa shape index (κ1) is 16.6. The van der Waals surface area contributed by atoms with Crippen molar-refractivity contribution >= 4 is 0 Å². The van der Waals surface area contributed by atoms with Gasteiger partial charge in [-0.15, -0.1) is 0 Å². The minimum absolute atomic E-state index is 0.199. The van der Waals surface area contributed by atoms with Crippen molar-refractivity contribution in [2.24, 2.45) is 0 Å². The number of aromatic nitrogens is 1. The number of para-hydroxylation sites is 1. The molecule has 1 aromatic heterocycles. The average Bonchev–Trinajstić information content (AvgIpc) is 3.11. The second-order valence-electron chi connectivity index (χ2n) is 6.49. The number of methoxy groups -OCH3 is 1. The summed E-state index contributed by atoms with van der Waals surface area (Å²) < 4.78 is 11.2. The molecule has 2 heterocycles. The molecule has 4 heteroatoms. The van der Waals surface area contributed by atoms with E-state index in [9.17, 15) is 0 Å². The zero-order chi connectivity index (χ0) is 17.8. The van der Waals surface area contributed by atoms with Crippen molar-refractivity contribution in [2.45, 2.75) is 19.1 Å². The summed E-state index contributed by atoms with van der Waals surface area (Å²) in [4.78, 5) is 4.38. The van der Waals surface area contributed by atoms with Gasteiger partial charge in [0.25, 0.3) is 0 Å². The Morgan fingerprint density at radius 2 is 1.92 bits per heavy atom. The number of hydrogen-bond acceptors (Lipinski definition) is 4. The second-order valence-corrected chi connectivity index (χ2v) is 6.49. The molecule has 0 aliphatic carbocycles. The van der Waals surface area contributed by atoms with Crippen LogP contribution < -0.4 is 14.8 Å². The first-order chi connectivity index (χ1) is 12.8. The third-order valence-corrected chi connectivity index (χ3v) is 4.63. The van der Waals surface area contributed by atoms with Crippen LogP contribution in [0.5, 0.6) is 11.5 Å². The van der Waals surface area contributed by atoms with Crippen molar-refractivity contribution in [3.63, 3.8) is 0 Å². The van der Waals surface area contributed by atoms with Gasteiger partial charge in [0.1, 0.15) is 17.6 Å².